The van der Waals surface area contributed by atoms with Crippen LogP contribution < -0.4 is 30.2 Å². The highest BCUT2D eigenvalue weighted by atomic mass is 32.1. The van der Waals surface area contributed by atoms with E-state index in [4.69, 9.17) is 33.2 Å². The van der Waals surface area contributed by atoms with Crippen molar-refractivity contribution in [1.82, 2.24) is 35.3 Å². The maximum Gasteiger partial charge on any atom is 0.246 e. The van der Waals surface area contributed by atoms with Gasteiger partial charge in [-0.05, 0) is 105 Å². The lowest BCUT2D eigenvalue weighted by Crippen LogP contribution is -2.57. The van der Waals surface area contributed by atoms with Gasteiger partial charge in [-0.1, -0.05) is 82.5 Å². The predicted molar refractivity (Wildman–Crippen MR) is 354 cm³/mol. The third kappa shape index (κ3) is 22.2. The van der Waals surface area contributed by atoms with E-state index >= 15 is 0 Å². The molecule has 21 heteroatoms. The number of fused-ring (bicyclic) bond motifs is 1. The largest absolute Gasteiger partial charge is 0.493 e. The predicted octanol–water partition coefficient (Wildman–Crippen LogP) is 10.5. The number of methoxy groups -OCH3 is 1. The number of aromatic nitrogens is 2. The molecule has 0 radical (unpaired) electrons. The van der Waals surface area contributed by atoms with E-state index in [0.717, 1.165) is 117 Å². The zero-order chi connectivity index (χ0) is 64.2. The van der Waals surface area contributed by atoms with Crippen molar-refractivity contribution in [3.8, 4) is 39.5 Å². The van der Waals surface area contributed by atoms with Crippen LogP contribution in [0.1, 0.15) is 102 Å². The monoisotopic (exact) mass is 1270 g/mol. The number of piperazine rings is 1. The number of unbranched alkanes of at least 4 members (excludes halogenated alkanes) is 5. The third-order valence-electron chi connectivity index (χ3n) is 16.3. The number of aryl methyl sites for hydroxylation is 1. The number of carbonyl (C=O) groups excluding carboxylic acids is 3. The standard InChI is InChI=1S/C70H93N9O11S/c1-51-66(91-50-74-51)53-22-20-52(21-23-53)47-73-68(82)61-43-56(80)49-79(61)69(83)67(70(2,3)4)76-64(81)19-12-9-15-35-86-38-40-88-42-41-87-39-37-85-34-14-7-6-13-28-77-30-32-78(33-31-77)29-16-36-89-63-45-60-59(44-62(63)84-5)65(54(46-71)48-72-60)75-55-24-26-58(27-25-55)90-57-17-10-8-11-18-57/h8,10-11,17-18,20-27,44-45,48,50,56,61,67,80H,6-7,9,12-16,19,28-43,47,49H2,1-5H3,(H,72,75)(H,73,82)(H,76,81)/t56-,61+,67-/m1/s1. The Kier molecular flexibility index (Phi) is 28.1. The fourth-order valence-corrected chi connectivity index (χ4v) is 11.9. The van der Waals surface area contributed by atoms with Crippen LogP contribution >= 0.6 is 11.3 Å². The Morgan fingerprint density at radius 1 is 0.736 bits per heavy atom. The Bertz CT molecular complexity index is 3220. The van der Waals surface area contributed by atoms with Gasteiger partial charge in [-0.3, -0.25) is 19.4 Å². The van der Waals surface area contributed by atoms with Gasteiger partial charge < -0.3 is 68.9 Å². The summed E-state index contributed by atoms with van der Waals surface area (Å²) < 4.78 is 40.9. The van der Waals surface area contributed by atoms with Crippen molar-refractivity contribution in [2.45, 2.75) is 117 Å². The number of anilines is 2. The van der Waals surface area contributed by atoms with E-state index in [1.807, 2.05) is 124 Å². The Hall–Kier alpha value is -7.26. The van der Waals surface area contributed by atoms with Crippen molar-refractivity contribution in [2.75, 3.05) is 118 Å². The molecule has 2 aliphatic heterocycles. The number of benzene rings is 4. The van der Waals surface area contributed by atoms with Crippen molar-refractivity contribution >= 4 is 51.3 Å². The Labute approximate surface area is 540 Å². The van der Waals surface area contributed by atoms with Crippen LogP contribution in [0, 0.1) is 23.7 Å². The van der Waals surface area contributed by atoms with Crippen LogP contribution in [0.25, 0.3) is 21.3 Å². The summed E-state index contributed by atoms with van der Waals surface area (Å²) in [5.41, 5.74) is 6.70. The van der Waals surface area contributed by atoms with Gasteiger partial charge in [0.25, 0.3) is 0 Å². The molecule has 490 valence electrons. The van der Waals surface area contributed by atoms with Crippen LogP contribution in [0.2, 0.25) is 0 Å². The lowest BCUT2D eigenvalue weighted by atomic mass is 9.85. The summed E-state index contributed by atoms with van der Waals surface area (Å²) in [6.07, 6.45) is 8.82. The number of amides is 3. The molecule has 0 bridgehead atoms. The van der Waals surface area contributed by atoms with Crippen molar-refractivity contribution in [3.63, 3.8) is 0 Å². The van der Waals surface area contributed by atoms with Gasteiger partial charge in [-0.2, -0.15) is 5.26 Å². The second kappa shape index (κ2) is 36.7. The normalized spacial score (nSPS) is 15.7. The number of aliphatic hydroxyl groups is 1. The maximum absolute atomic E-state index is 14.0. The second-order valence-electron chi connectivity index (χ2n) is 24.2. The van der Waals surface area contributed by atoms with Gasteiger partial charge >= 0.3 is 0 Å². The van der Waals surface area contributed by atoms with Gasteiger partial charge in [0.05, 0.1) is 92.3 Å². The molecule has 4 N–H and O–H groups in total. The van der Waals surface area contributed by atoms with E-state index in [-0.39, 0.29) is 43.7 Å². The van der Waals surface area contributed by atoms with Crippen molar-refractivity contribution in [3.05, 3.63) is 120 Å². The molecule has 2 aliphatic rings. The molecular weight excluding hydrogens is 1170 g/mol. The maximum atomic E-state index is 14.0. The molecule has 0 aliphatic carbocycles. The van der Waals surface area contributed by atoms with E-state index in [9.17, 15) is 24.8 Å². The third-order valence-corrected chi connectivity index (χ3v) is 17.2. The van der Waals surface area contributed by atoms with Crippen molar-refractivity contribution in [1.29, 1.82) is 5.26 Å². The minimum Gasteiger partial charge on any atom is -0.493 e. The van der Waals surface area contributed by atoms with Crippen LogP contribution in [-0.2, 0) is 39.9 Å². The SMILES string of the molecule is COc1cc2c(Nc3ccc(Oc4ccccc4)cc3)c(C#N)cnc2cc1OCCCN1CCN(CCCCCCOCCOCCOCCOCCCCCC(=O)N[C@H](C(=O)N2C[C@H](O)C[C@H]2C(=O)NCc2ccc(-c3scnc3C)cc2)C(C)(C)C)CC1. The van der Waals surface area contributed by atoms with Gasteiger partial charge in [0.2, 0.25) is 17.7 Å². The smallest absolute Gasteiger partial charge is 0.246 e. The van der Waals surface area contributed by atoms with E-state index in [1.54, 1.807) is 24.6 Å². The molecular formula is C70H93N9O11S. The van der Waals surface area contributed by atoms with Crippen molar-refractivity contribution in [2.24, 2.45) is 5.41 Å². The molecule has 4 aromatic carbocycles. The molecule has 6 aromatic rings. The van der Waals surface area contributed by atoms with Gasteiger partial charge in [0, 0.05) is 95.2 Å². The average Bonchev–Trinajstić information content (AvgIpc) is 1.47. The number of pyridine rings is 1. The number of aliphatic hydroxyl groups excluding tert-OH is 1. The lowest BCUT2D eigenvalue weighted by Gasteiger charge is -2.35. The number of carbonyl (C=O) groups is 3. The molecule has 0 spiro atoms. The molecule has 0 unspecified atom stereocenters. The van der Waals surface area contributed by atoms with Gasteiger partial charge in [-0.25, -0.2) is 4.98 Å². The van der Waals surface area contributed by atoms with Crippen LogP contribution in [0.5, 0.6) is 23.0 Å². The number of nitrogens with one attached hydrogen (secondary N) is 3. The summed E-state index contributed by atoms with van der Waals surface area (Å²) in [4.78, 5) is 57.1. The van der Waals surface area contributed by atoms with Crippen molar-refractivity contribution < 1.29 is 52.6 Å². The molecule has 2 fully saturated rings. The topological polar surface area (TPSA) is 231 Å². The fraction of sp³-hybridized carbons (Fsp3) is 0.514. The van der Waals surface area contributed by atoms with Crippen LogP contribution in [0.3, 0.4) is 0 Å². The van der Waals surface area contributed by atoms with Gasteiger partial charge in [0.1, 0.15) is 29.7 Å². The molecule has 3 amide bonds. The molecule has 3 atom stereocenters. The summed E-state index contributed by atoms with van der Waals surface area (Å²) >= 11 is 1.58. The number of ether oxygens (including phenoxy) is 7. The number of rotatable bonds is 38. The first kappa shape index (κ1) is 69.6. The molecule has 4 heterocycles. The number of nitriles is 1. The molecule has 2 aromatic heterocycles. The number of hydrogen-bond acceptors (Lipinski definition) is 18. The summed E-state index contributed by atoms with van der Waals surface area (Å²) in [6.45, 7) is 19.1. The number of β-amino-alcohol motifs (C(OH)–C–C–N with tert-alkyl or cyclic N) is 1. The highest BCUT2D eigenvalue weighted by molar-refractivity contribution is 7.13. The summed E-state index contributed by atoms with van der Waals surface area (Å²) in [6, 6.07) is 29.5. The number of para-hydroxylation sites is 1. The van der Waals surface area contributed by atoms with E-state index < -0.39 is 23.6 Å². The van der Waals surface area contributed by atoms with E-state index in [2.05, 4.69) is 41.8 Å². The first-order valence-electron chi connectivity index (χ1n) is 32.2. The highest BCUT2D eigenvalue weighted by Gasteiger charge is 2.44. The first-order chi connectivity index (χ1) is 44.3. The van der Waals surface area contributed by atoms with E-state index in [0.29, 0.717) is 93.3 Å². The van der Waals surface area contributed by atoms with Crippen LogP contribution in [0.4, 0.5) is 11.4 Å². The second-order valence-corrected chi connectivity index (χ2v) is 25.1. The minimum absolute atomic E-state index is 0.0241. The molecule has 0 saturated carbocycles. The molecule has 91 heavy (non-hydrogen) atoms. The minimum atomic E-state index is -0.867. The quantitative estimate of drug-likeness (QED) is 0.0264. The van der Waals surface area contributed by atoms with E-state index in [1.165, 1.54) is 17.7 Å². The Balaban J connectivity index is 0.580. The van der Waals surface area contributed by atoms with Gasteiger partial charge in [0.15, 0.2) is 11.5 Å². The Morgan fingerprint density at radius 2 is 1.36 bits per heavy atom. The zero-order valence-electron chi connectivity index (χ0n) is 53.8. The molecule has 8 rings (SSSR count). The summed E-state index contributed by atoms with van der Waals surface area (Å²) in [5, 5.41) is 30.7. The highest BCUT2D eigenvalue weighted by Crippen LogP contribution is 2.38. The van der Waals surface area contributed by atoms with Crippen LogP contribution in [0.15, 0.2) is 103 Å². The number of likely N-dealkylation sites (tertiary alicyclic amines) is 1. The fourth-order valence-electron chi connectivity index (χ4n) is 11.1. The summed E-state index contributed by atoms with van der Waals surface area (Å²) in [5.74, 6) is 1.73. The number of thiazole rings is 1. The lowest BCUT2D eigenvalue weighted by molar-refractivity contribution is -0.144. The first-order valence-corrected chi connectivity index (χ1v) is 33.1. The van der Waals surface area contributed by atoms with Crippen LogP contribution in [-0.4, -0.2) is 178 Å². The zero-order valence-corrected chi connectivity index (χ0v) is 54.6. The Morgan fingerprint density at radius 3 is 1.99 bits per heavy atom. The number of hydrogen-bond donors (Lipinski definition) is 4. The summed E-state index contributed by atoms with van der Waals surface area (Å²) in [7, 11) is 1.62. The average molecular weight is 1270 g/mol. The number of nitrogens with zero attached hydrogens (tertiary/aromatic N) is 6. The molecule has 20 nitrogen and oxygen atoms in total. The molecule has 2 saturated heterocycles. The van der Waals surface area contributed by atoms with Gasteiger partial charge in [-0.15, -0.1) is 11.3 Å².